The van der Waals surface area contributed by atoms with Crippen LogP contribution in [0.2, 0.25) is 0 Å². The van der Waals surface area contributed by atoms with Crippen molar-refractivity contribution in [1.82, 2.24) is 10.6 Å². The van der Waals surface area contributed by atoms with Crippen molar-refractivity contribution in [2.24, 2.45) is 0 Å². The van der Waals surface area contributed by atoms with Gasteiger partial charge in [0.15, 0.2) is 11.5 Å². The number of rotatable bonds is 7. The van der Waals surface area contributed by atoms with Crippen molar-refractivity contribution in [2.45, 2.75) is 13.0 Å². The molecule has 2 N–H and O–H groups in total. The average Bonchev–Trinajstić information content (AvgIpc) is 2.56. The fourth-order valence-corrected chi connectivity index (χ4v) is 1.90. The minimum atomic E-state index is -0.686. The fraction of sp³-hybridized carbons (Fsp3) is 0.467. The summed E-state index contributed by atoms with van der Waals surface area (Å²) in [6.07, 6.45) is -0.686. The van der Waals surface area contributed by atoms with E-state index in [4.69, 9.17) is 14.2 Å². The number of hydrogen-bond donors (Lipinski definition) is 2. The lowest BCUT2D eigenvalue weighted by atomic mass is 10.2. The molecule has 120 valence electrons. The van der Waals surface area contributed by atoms with Gasteiger partial charge >= 0.3 is 0 Å². The second-order valence-electron chi connectivity index (χ2n) is 4.64. The highest BCUT2D eigenvalue weighted by Crippen LogP contribution is 2.30. The first-order valence-electron chi connectivity index (χ1n) is 7.21. The molecule has 0 fully saturated rings. The van der Waals surface area contributed by atoms with Crippen LogP contribution in [0.25, 0.3) is 0 Å². The predicted molar refractivity (Wildman–Crippen MR) is 78.9 cm³/mol. The molecule has 1 aliphatic heterocycles. The summed E-state index contributed by atoms with van der Waals surface area (Å²) in [6.45, 7) is 3.16. The maximum atomic E-state index is 12.0. The van der Waals surface area contributed by atoms with Crippen LogP contribution in [0.1, 0.15) is 6.92 Å². The lowest BCUT2D eigenvalue weighted by Crippen LogP contribution is -2.46. The van der Waals surface area contributed by atoms with Crippen LogP contribution in [0.5, 0.6) is 11.5 Å². The standard InChI is InChI=1S/C15H20N2O5/c1-2-20-10-14(18)16-7-8-17-15(19)13-9-21-11-5-3-4-6-12(11)22-13/h3-6,13H,2,7-10H2,1H3,(H,16,18)(H,17,19). The van der Waals surface area contributed by atoms with Gasteiger partial charge in [-0.1, -0.05) is 12.1 Å². The smallest absolute Gasteiger partial charge is 0.264 e. The molecule has 0 aliphatic carbocycles. The molecule has 1 unspecified atom stereocenters. The van der Waals surface area contributed by atoms with E-state index in [9.17, 15) is 9.59 Å². The highest BCUT2D eigenvalue weighted by atomic mass is 16.6. The van der Waals surface area contributed by atoms with Crippen LogP contribution >= 0.6 is 0 Å². The van der Waals surface area contributed by atoms with Crippen molar-refractivity contribution >= 4 is 11.8 Å². The molecule has 1 heterocycles. The quantitative estimate of drug-likeness (QED) is 0.698. The maximum Gasteiger partial charge on any atom is 0.264 e. The van der Waals surface area contributed by atoms with Gasteiger partial charge in [0.05, 0.1) is 0 Å². The SMILES string of the molecule is CCOCC(=O)NCCNC(=O)C1COc2ccccc2O1. The predicted octanol–water partition coefficient (Wildman–Crippen LogP) is 0.0953. The molecular weight excluding hydrogens is 288 g/mol. The minimum Gasteiger partial charge on any atom is -0.485 e. The van der Waals surface area contributed by atoms with Crippen LogP contribution in [-0.4, -0.2) is 50.8 Å². The Bertz CT molecular complexity index is 520. The topological polar surface area (TPSA) is 85.9 Å². The van der Waals surface area contributed by atoms with Crippen LogP contribution in [0, 0.1) is 0 Å². The largest absolute Gasteiger partial charge is 0.485 e. The molecule has 2 rings (SSSR count). The number of carbonyl (C=O) groups excluding carboxylic acids is 2. The van der Waals surface area contributed by atoms with Gasteiger partial charge < -0.3 is 24.8 Å². The Labute approximate surface area is 128 Å². The second kappa shape index (κ2) is 8.23. The first kappa shape index (κ1) is 16.1. The molecule has 7 nitrogen and oxygen atoms in total. The summed E-state index contributed by atoms with van der Waals surface area (Å²) in [4.78, 5) is 23.3. The average molecular weight is 308 g/mol. The summed E-state index contributed by atoms with van der Waals surface area (Å²) in [5.41, 5.74) is 0. The Balaban J connectivity index is 1.67. The molecule has 0 bridgehead atoms. The van der Waals surface area contributed by atoms with Crippen LogP contribution in [0.15, 0.2) is 24.3 Å². The van der Waals surface area contributed by atoms with E-state index in [1.807, 2.05) is 19.1 Å². The van der Waals surface area contributed by atoms with Crippen molar-refractivity contribution in [3.63, 3.8) is 0 Å². The summed E-state index contributed by atoms with van der Waals surface area (Å²) in [5.74, 6) is 0.712. The van der Waals surface area contributed by atoms with Crippen molar-refractivity contribution in [3.05, 3.63) is 24.3 Å². The number of carbonyl (C=O) groups is 2. The third kappa shape index (κ3) is 4.63. The fourth-order valence-electron chi connectivity index (χ4n) is 1.90. The molecule has 0 spiro atoms. The molecule has 22 heavy (non-hydrogen) atoms. The number of benzene rings is 1. The lowest BCUT2D eigenvalue weighted by molar-refractivity contribution is -0.130. The van der Waals surface area contributed by atoms with E-state index in [-0.39, 0.29) is 25.0 Å². The third-order valence-electron chi connectivity index (χ3n) is 2.98. The number of para-hydroxylation sites is 2. The van der Waals surface area contributed by atoms with E-state index in [1.54, 1.807) is 12.1 Å². The highest BCUT2D eigenvalue weighted by molar-refractivity contribution is 5.82. The molecular formula is C15H20N2O5. The van der Waals surface area contributed by atoms with Crippen LogP contribution in [0.3, 0.4) is 0 Å². The lowest BCUT2D eigenvalue weighted by Gasteiger charge is -2.25. The van der Waals surface area contributed by atoms with Crippen LogP contribution in [-0.2, 0) is 14.3 Å². The van der Waals surface area contributed by atoms with E-state index in [0.29, 0.717) is 31.2 Å². The number of ether oxygens (including phenoxy) is 3. The zero-order valence-corrected chi connectivity index (χ0v) is 12.5. The summed E-state index contributed by atoms with van der Waals surface area (Å²) in [7, 11) is 0. The number of nitrogens with one attached hydrogen (secondary N) is 2. The van der Waals surface area contributed by atoms with Gasteiger partial charge in [-0.25, -0.2) is 0 Å². The highest BCUT2D eigenvalue weighted by Gasteiger charge is 2.26. The molecule has 0 saturated carbocycles. The van der Waals surface area contributed by atoms with E-state index in [1.165, 1.54) is 0 Å². The van der Waals surface area contributed by atoms with Crippen molar-refractivity contribution in [3.8, 4) is 11.5 Å². The minimum absolute atomic E-state index is 0.0286. The Morgan fingerprint density at radius 2 is 1.95 bits per heavy atom. The van der Waals surface area contributed by atoms with E-state index in [2.05, 4.69) is 10.6 Å². The van der Waals surface area contributed by atoms with Gasteiger partial charge in [0.25, 0.3) is 5.91 Å². The Kier molecular flexibility index (Phi) is 6.02. The molecule has 7 heteroatoms. The molecule has 1 atom stereocenters. The van der Waals surface area contributed by atoms with Gasteiger partial charge in [-0.15, -0.1) is 0 Å². The van der Waals surface area contributed by atoms with E-state index in [0.717, 1.165) is 0 Å². The maximum absolute atomic E-state index is 12.0. The van der Waals surface area contributed by atoms with Crippen molar-refractivity contribution in [2.75, 3.05) is 32.9 Å². The summed E-state index contributed by atoms with van der Waals surface area (Å²) in [5, 5.41) is 5.34. The Hall–Kier alpha value is -2.28. The molecule has 2 amide bonds. The summed E-state index contributed by atoms with van der Waals surface area (Å²) >= 11 is 0. The molecule has 0 aromatic heterocycles. The van der Waals surface area contributed by atoms with Crippen molar-refractivity contribution in [1.29, 1.82) is 0 Å². The van der Waals surface area contributed by atoms with Gasteiger partial charge in [0.2, 0.25) is 12.0 Å². The second-order valence-corrected chi connectivity index (χ2v) is 4.64. The van der Waals surface area contributed by atoms with E-state index >= 15 is 0 Å². The molecule has 1 aromatic carbocycles. The molecule has 1 aliphatic rings. The monoisotopic (exact) mass is 308 g/mol. The van der Waals surface area contributed by atoms with Crippen LogP contribution < -0.4 is 20.1 Å². The molecule has 1 aromatic rings. The third-order valence-corrected chi connectivity index (χ3v) is 2.98. The van der Waals surface area contributed by atoms with Gasteiger partial charge in [-0.05, 0) is 19.1 Å². The van der Waals surface area contributed by atoms with Gasteiger partial charge in [-0.2, -0.15) is 0 Å². The molecule has 0 saturated heterocycles. The first-order chi connectivity index (χ1) is 10.7. The van der Waals surface area contributed by atoms with Gasteiger partial charge in [0, 0.05) is 19.7 Å². The number of amides is 2. The summed E-state index contributed by atoms with van der Waals surface area (Å²) < 4.78 is 16.0. The molecule has 0 radical (unpaired) electrons. The first-order valence-corrected chi connectivity index (χ1v) is 7.21. The summed E-state index contributed by atoms with van der Waals surface area (Å²) in [6, 6.07) is 7.20. The zero-order valence-electron chi connectivity index (χ0n) is 12.5. The number of fused-ring (bicyclic) bond motifs is 1. The zero-order chi connectivity index (χ0) is 15.8. The van der Waals surface area contributed by atoms with Crippen LogP contribution in [0.4, 0.5) is 0 Å². The Morgan fingerprint density at radius 1 is 1.23 bits per heavy atom. The number of hydrogen-bond acceptors (Lipinski definition) is 5. The van der Waals surface area contributed by atoms with Gasteiger partial charge in [-0.3, -0.25) is 9.59 Å². The normalized spacial score (nSPS) is 16.0. The van der Waals surface area contributed by atoms with Gasteiger partial charge in [0.1, 0.15) is 13.2 Å². The van der Waals surface area contributed by atoms with Crippen molar-refractivity contribution < 1.29 is 23.8 Å². The Morgan fingerprint density at radius 3 is 2.73 bits per heavy atom. The van der Waals surface area contributed by atoms with E-state index < -0.39 is 6.10 Å².